The van der Waals surface area contributed by atoms with Gasteiger partial charge in [0.05, 0.1) is 22.0 Å². The van der Waals surface area contributed by atoms with Gasteiger partial charge >= 0.3 is 5.97 Å². The maximum Gasteiger partial charge on any atom is 0.343 e. The molecule has 2 aromatic heterocycles. The van der Waals surface area contributed by atoms with Crippen LogP contribution in [0.4, 0.5) is 23.4 Å². The number of carbonyl (C=O) groups excluding carboxylic acids is 1. The molecule has 0 saturated heterocycles. The van der Waals surface area contributed by atoms with Crippen molar-refractivity contribution in [2.75, 3.05) is 11.9 Å². The van der Waals surface area contributed by atoms with Crippen LogP contribution in [-0.2, 0) is 4.74 Å². The molecule has 0 radical (unpaired) electrons. The van der Waals surface area contributed by atoms with E-state index in [9.17, 15) is 27.2 Å². The summed E-state index contributed by atoms with van der Waals surface area (Å²) in [5, 5.41) is 2.34. The number of benzene rings is 1. The van der Waals surface area contributed by atoms with Gasteiger partial charge in [0.2, 0.25) is 5.43 Å². The number of ether oxygens (including phenoxy) is 1. The number of aromatic nitrogens is 2. The molecule has 32 heavy (non-hydrogen) atoms. The molecule has 0 aliphatic carbocycles. The van der Waals surface area contributed by atoms with Gasteiger partial charge in [-0.1, -0.05) is 0 Å². The van der Waals surface area contributed by atoms with Crippen molar-refractivity contribution in [1.82, 2.24) is 9.55 Å². The van der Waals surface area contributed by atoms with Crippen molar-refractivity contribution in [2.45, 2.75) is 33.2 Å². The third-order valence-electron chi connectivity index (χ3n) is 4.25. The number of fused-ring (bicyclic) bond motifs is 1. The number of nitrogens with zero attached hydrogens (tertiary/aromatic N) is 2. The Kier molecular flexibility index (Phi) is 6.32. The Morgan fingerprint density at radius 3 is 2.41 bits per heavy atom. The van der Waals surface area contributed by atoms with Crippen LogP contribution in [0, 0.1) is 23.3 Å². The van der Waals surface area contributed by atoms with Crippen LogP contribution in [-0.4, -0.2) is 27.7 Å². The van der Waals surface area contributed by atoms with Crippen LogP contribution >= 0.6 is 15.9 Å². The summed E-state index contributed by atoms with van der Waals surface area (Å²) in [7, 11) is 0. The molecule has 0 spiro atoms. The molecule has 1 aromatic carbocycles. The molecule has 0 amide bonds. The van der Waals surface area contributed by atoms with Crippen molar-refractivity contribution < 1.29 is 27.1 Å². The second-order valence-electron chi connectivity index (χ2n) is 7.84. The lowest BCUT2D eigenvalue weighted by Crippen LogP contribution is -2.28. The Labute approximate surface area is 188 Å². The fourth-order valence-corrected chi connectivity index (χ4v) is 3.58. The van der Waals surface area contributed by atoms with Gasteiger partial charge in [-0.05, 0) is 49.7 Å². The van der Waals surface area contributed by atoms with Crippen LogP contribution in [0.2, 0.25) is 0 Å². The van der Waals surface area contributed by atoms with Crippen molar-refractivity contribution in [3.05, 3.63) is 61.9 Å². The summed E-state index contributed by atoms with van der Waals surface area (Å²) in [6.45, 7) is 6.61. The molecule has 170 valence electrons. The standard InChI is InChI=1S/C21H18BrF4N3O3/c1-5-32-20(31)10-8-29(16-9(17(10)30)6-11(23)15(26)14(16)22)19-13(25)7-12(24)18(27-19)28-21(2,3)4/h6-8H,5H2,1-4H3,(H,27,28). The Bertz CT molecular complexity index is 1300. The first-order chi connectivity index (χ1) is 14.9. The van der Waals surface area contributed by atoms with Gasteiger partial charge in [-0.25, -0.2) is 27.3 Å². The maximum atomic E-state index is 14.8. The zero-order valence-corrected chi connectivity index (χ0v) is 19.0. The van der Waals surface area contributed by atoms with E-state index in [1.807, 2.05) is 0 Å². The van der Waals surface area contributed by atoms with E-state index in [4.69, 9.17) is 4.74 Å². The molecule has 0 saturated carbocycles. The van der Waals surface area contributed by atoms with E-state index >= 15 is 0 Å². The van der Waals surface area contributed by atoms with Crippen LogP contribution in [0.15, 0.2) is 27.6 Å². The van der Waals surface area contributed by atoms with Crippen LogP contribution in [0.3, 0.4) is 0 Å². The predicted octanol–water partition coefficient (Wildman–Crippen LogP) is 5.09. The first kappa shape index (κ1) is 23.7. The molecule has 3 aromatic rings. The maximum absolute atomic E-state index is 14.8. The summed E-state index contributed by atoms with van der Waals surface area (Å²) in [6.07, 6.45) is 0.898. The minimum Gasteiger partial charge on any atom is -0.462 e. The number of esters is 1. The average Bonchev–Trinajstić information content (AvgIpc) is 2.68. The molecule has 1 N–H and O–H groups in total. The zero-order chi connectivity index (χ0) is 24.0. The molecule has 2 heterocycles. The van der Waals surface area contributed by atoms with Crippen molar-refractivity contribution in [3.63, 3.8) is 0 Å². The van der Waals surface area contributed by atoms with Gasteiger partial charge in [0.25, 0.3) is 0 Å². The molecule has 0 atom stereocenters. The highest BCUT2D eigenvalue weighted by Crippen LogP contribution is 2.31. The van der Waals surface area contributed by atoms with Crippen LogP contribution in [0.25, 0.3) is 16.7 Å². The quantitative estimate of drug-likeness (QED) is 0.297. The van der Waals surface area contributed by atoms with Gasteiger partial charge in [-0.2, -0.15) is 0 Å². The molecule has 11 heteroatoms. The summed E-state index contributed by atoms with van der Waals surface area (Å²) in [6, 6.07) is 1.14. The second kappa shape index (κ2) is 8.53. The Morgan fingerprint density at radius 1 is 1.16 bits per heavy atom. The fraction of sp³-hybridized carbons (Fsp3) is 0.286. The average molecular weight is 516 g/mol. The normalized spacial score (nSPS) is 11.7. The number of nitrogens with one attached hydrogen (secondary N) is 1. The first-order valence-corrected chi connectivity index (χ1v) is 10.2. The van der Waals surface area contributed by atoms with Gasteiger partial charge in [-0.3, -0.25) is 9.36 Å². The highest BCUT2D eigenvalue weighted by atomic mass is 79.9. The van der Waals surface area contributed by atoms with E-state index < -0.39 is 61.4 Å². The van der Waals surface area contributed by atoms with Gasteiger partial charge in [-0.15, -0.1) is 0 Å². The molecule has 3 rings (SSSR count). The van der Waals surface area contributed by atoms with E-state index in [0.717, 1.165) is 10.8 Å². The summed E-state index contributed by atoms with van der Waals surface area (Å²) >= 11 is 2.88. The Hall–Kier alpha value is -2.95. The highest BCUT2D eigenvalue weighted by Gasteiger charge is 2.25. The molecular weight excluding hydrogens is 498 g/mol. The number of halogens is 5. The lowest BCUT2D eigenvalue weighted by Gasteiger charge is -2.23. The predicted molar refractivity (Wildman–Crippen MR) is 114 cm³/mol. The smallest absolute Gasteiger partial charge is 0.343 e. The minimum absolute atomic E-state index is 0.0689. The summed E-state index contributed by atoms with van der Waals surface area (Å²) in [5.41, 5.74) is -2.47. The van der Waals surface area contributed by atoms with Crippen molar-refractivity contribution in [2.24, 2.45) is 0 Å². The first-order valence-electron chi connectivity index (χ1n) is 9.40. The highest BCUT2D eigenvalue weighted by molar-refractivity contribution is 9.10. The van der Waals surface area contributed by atoms with Crippen molar-refractivity contribution in [3.8, 4) is 5.82 Å². The number of rotatable bonds is 4. The number of carbonyl (C=O) groups is 1. The lowest BCUT2D eigenvalue weighted by molar-refractivity contribution is 0.0524. The zero-order valence-electron chi connectivity index (χ0n) is 17.4. The number of anilines is 1. The van der Waals surface area contributed by atoms with E-state index in [-0.39, 0.29) is 17.9 Å². The molecule has 6 nitrogen and oxygen atoms in total. The molecule has 0 bridgehead atoms. The van der Waals surface area contributed by atoms with Crippen LogP contribution in [0.1, 0.15) is 38.1 Å². The molecule has 0 fully saturated rings. The Balaban J connectivity index is 2.46. The topological polar surface area (TPSA) is 73.2 Å². The Morgan fingerprint density at radius 2 is 1.81 bits per heavy atom. The number of pyridine rings is 2. The third-order valence-corrected chi connectivity index (χ3v) is 4.98. The van der Waals surface area contributed by atoms with Gasteiger partial charge in [0.15, 0.2) is 34.9 Å². The summed E-state index contributed by atoms with van der Waals surface area (Å²) in [4.78, 5) is 29.1. The molecule has 0 aliphatic heterocycles. The van der Waals surface area contributed by atoms with Crippen LogP contribution < -0.4 is 10.7 Å². The number of hydrogen-bond donors (Lipinski definition) is 1. The molecular formula is C21H18BrF4N3O3. The monoisotopic (exact) mass is 515 g/mol. The molecule has 0 unspecified atom stereocenters. The summed E-state index contributed by atoms with van der Waals surface area (Å²) in [5.74, 6) is -6.80. The van der Waals surface area contributed by atoms with Gasteiger partial charge in [0, 0.05) is 17.8 Å². The van der Waals surface area contributed by atoms with Gasteiger partial charge in [0.1, 0.15) is 5.56 Å². The van der Waals surface area contributed by atoms with Crippen molar-refractivity contribution >= 4 is 38.6 Å². The van der Waals surface area contributed by atoms with E-state index in [0.29, 0.717) is 12.1 Å². The van der Waals surface area contributed by atoms with Crippen molar-refractivity contribution in [1.29, 1.82) is 0 Å². The lowest BCUT2D eigenvalue weighted by atomic mass is 10.1. The van der Waals surface area contributed by atoms with Crippen LogP contribution in [0.5, 0.6) is 0 Å². The third kappa shape index (κ3) is 4.34. The van der Waals surface area contributed by atoms with E-state index in [2.05, 4.69) is 26.2 Å². The number of hydrogen-bond acceptors (Lipinski definition) is 5. The van der Waals surface area contributed by atoms with Gasteiger partial charge < -0.3 is 10.1 Å². The van der Waals surface area contributed by atoms with E-state index in [1.54, 1.807) is 20.8 Å². The SMILES string of the molecule is CCOC(=O)c1cn(-c2nc(NC(C)(C)C)c(F)cc2F)c2c(Br)c(F)c(F)cc2c1=O. The summed E-state index contributed by atoms with van der Waals surface area (Å²) < 4.78 is 62.8. The molecule has 0 aliphatic rings. The largest absolute Gasteiger partial charge is 0.462 e. The van der Waals surface area contributed by atoms with E-state index in [1.165, 1.54) is 6.92 Å². The minimum atomic E-state index is -1.36. The fourth-order valence-electron chi connectivity index (χ4n) is 2.98. The second-order valence-corrected chi connectivity index (χ2v) is 8.64.